The highest BCUT2D eigenvalue weighted by atomic mass is 16.1. The number of carbonyl (C=O) groups is 2. The fraction of sp³-hybridized carbons (Fsp3) is 0.846. The summed E-state index contributed by atoms with van der Waals surface area (Å²) in [5, 5.41) is 3.32. The van der Waals surface area contributed by atoms with Crippen molar-refractivity contribution in [3.8, 4) is 0 Å². The van der Waals surface area contributed by atoms with Crippen LogP contribution in [-0.2, 0) is 9.59 Å². The number of rotatable bonds is 10. The quantitative estimate of drug-likeness (QED) is 0.460. The third-order valence-electron chi connectivity index (χ3n) is 3.17. The molecule has 0 aromatic heterocycles. The van der Waals surface area contributed by atoms with Gasteiger partial charge in [0.1, 0.15) is 12.1 Å². The predicted octanol–water partition coefficient (Wildman–Crippen LogP) is 2.48. The smallest absolute Gasteiger partial charge is 0.140 e. The van der Waals surface area contributed by atoms with Crippen molar-refractivity contribution >= 4 is 12.1 Å². The summed E-state index contributed by atoms with van der Waals surface area (Å²) in [6, 6.07) is 0. The largest absolute Gasteiger partial charge is 0.305 e. The molecular formula is C13H25NO2. The summed E-state index contributed by atoms with van der Waals surface area (Å²) in [6.45, 7) is 6.55. The Morgan fingerprint density at radius 2 is 1.81 bits per heavy atom. The van der Waals surface area contributed by atoms with Crippen molar-refractivity contribution in [1.29, 1.82) is 0 Å². The van der Waals surface area contributed by atoms with Gasteiger partial charge in [-0.3, -0.25) is 0 Å². The molecule has 0 heterocycles. The van der Waals surface area contributed by atoms with Gasteiger partial charge in [-0.2, -0.15) is 0 Å². The van der Waals surface area contributed by atoms with E-state index in [-0.39, 0.29) is 11.3 Å². The van der Waals surface area contributed by atoms with Crippen LogP contribution in [-0.4, -0.2) is 24.2 Å². The molecule has 0 aliphatic heterocycles. The minimum Gasteiger partial charge on any atom is -0.305 e. The molecule has 0 saturated carbocycles. The van der Waals surface area contributed by atoms with Crippen molar-refractivity contribution in [2.75, 3.05) is 6.54 Å². The van der Waals surface area contributed by atoms with E-state index >= 15 is 0 Å². The van der Waals surface area contributed by atoms with E-state index in [1.54, 1.807) is 6.92 Å². The van der Waals surface area contributed by atoms with Gasteiger partial charge < -0.3 is 14.9 Å². The lowest BCUT2D eigenvalue weighted by molar-refractivity contribution is -0.117. The first-order valence-corrected chi connectivity index (χ1v) is 6.31. The number of unbranched alkanes of at least 4 members (excludes halogenated alkanes) is 2. The molecule has 0 aliphatic rings. The maximum absolute atomic E-state index is 11.0. The van der Waals surface area contributed by atoms with Crippen molar-refractivity contribution in [2.24, 2.45) is 0 Å². The van der Waals surface area contributed by atoms with Crippen LogP contribution in [0.3, 0.4) is 0 Å². The zero-order chi connectivity index (χ0) is 12.4. The van der Waals surface area contributed by atoms with Crippen LogP contribution in [0.15, 0.2) is 0 Å². The van der Waals surface area contributed by atoms with E-state index in [1.165, 1.54) is 0 Å². The fourth-order valence-electron chi connectivity index (χ4n) is 1.72. The van der Waals surface area contributed by atoms with Crippen LogP contribution < -0.4 is 5.32 Å². The summed E-state index contributed by atoms with van der Waals surface area (Å²) in [4.78, 5) is 21.7. The van der Waals surface area contributed by atoms with E-state index < -0.39 is 0 Å². The minimum absolute atomic E-state index is 0.261. The second-order valence-electron chi connectivity index (χ2n) is 4.42. The van der Waals surface area contributed by atoms with Gasteiger partial charge in [0, 0.05) is 6.42 Å². The Kier molecular flexibility index (Phi) is 8.08. The molecule has 1 N–H and O–H groups in total. The monoisotopic (exact) mass is 227 g/mol. The van der Waals surface area contributed by atoms with Crippen LogP contribution in [0.5, 0.6) is 0 Å². The number of ketones is 1. The third kappa shape index (κ3) is 6.01. The Hall–Kier alpha value is -0.700. The Balaban J connectivity index is 3.63. The standard InChI is InChI=1S/C13H25NO2/c1-4-13(5-2,11-15)14-10-8-6-7-9-12(3)16/h11,14H,4-10H2,1-3H3. The van der Waals surface area contributed by atoms with E-state index in [4.69, 9.17) is 0 Å². The van der Waals surface area contributed by atoms with Gasteiger partial charge in [-0.25, -0.2) is 0 Å². The van der Waals surface area contributed by atoms with Crippen molar-refractivity contribution in [1.82, 2.24) is 5.32 Å². The lowest BCUT2D eigenvalue weighted by atomic mass is 9.94. The van der Waals surface area contributed by atoms with Gasteiger partial charge in [0.2, 0.25) is 0 Å². The van der Waals surface area contributed by atoms with Gasteiger partial charge >= 0.3 is 0 Å². The Morgan fingerprint density at radius 3 is 2.25 bits per heavy atom. The van der Waals surface area contributed by atoms with Crippen LogP contribution in [0.25, 0.3) is 0 Å². The van der Waals surface area contributed by atoms with Crippen LogP contribution in [0.2, 0.25) is 0 Å². The first kappa shape index (κ1) is 15.3. The summed E-state index contributed by atoms with van der Waals surface area (Å²) in [5.74, 6) is 0.261. The highest BCUT2D eigenvalue weighted by molar-refractivity contribution is 5.75. The van der Waals surface area contributed by atoms with E-state index in [1.807, 2.05) is 13.8 Å². The number of carbonyl (C=O) groups excluding carboxylic acids is 2. The average molecular weight is 227 g/mol. The predicted molar refractivity (Wildman–Crippen MR) is 66.5 cm³/mol. The number of aldehydes is 1. The van der Waals surface area contributed by atoms with Crippen molar-refractivity contribution in [2.45, 2.75) is 64.8 Å². The average Bonchev–Trinajstić information content (AvgIpc) is 2.29. The molecule has 94 valence electrons. The SMILES string of the molecule is CCC(C=O)(CC)NCCCCCC(C)=O. The molecule has 0 aromatic rings. The highest BCUT2D eigenvalue weighted by Crippen LogP contribution is 2.12. The molecule has 0 rings (SSSR count). The molecular weight excluding hydrogens is 202 g/mol. The zero-order valence-corrected chi connectivity index (χ0v) is 10.8. The summed E-state index contributed by atoms with van der Waals surface area (Å²) in [7, 11) is 0. The van der Waals surface area contributed by atoms with Gasteiger partial charge in [0.15, 0.2) is 0 Å². The van der Waals surface area contributed by atoms with E-state index in [9.17, 15) is 9.59 Å². The van der Waals surface area contributed by atoms with Crippen LogP contribution in [0.1, 0.15) is 59.3 Å². The van der Waals surface area contributed by atoms with Crippen LogP contribution in [0, 0.1) is 0 Å². The van der Waals surface area contributed by atoms with Gasteiger partial charge in [0.05, 0.1) is 5.54 Å². The van der Waals surface area contributed by atoms with Crippen molar-refractivity contribution in [3.05, 3.63) is 0 Å². The topological polar surface area (TPSA) is 46.2 Å². The molecule has 0 fully saturated rings. The molecule has 0 aromatic carbocycles. The van der Waals surface area contributed by atoms with E-state index in [0.717, 1.165) is 44.9 Å². The summed E-state index contributed by atoms with van der Waals surface area (Å²) < 4.78 is 0. The molecule has 0 spiro atoms. The van der Waals surface area contributed by atoms with E-state index in [0.29, 0.717) is 6.42 Å². The highest BCUT2D eigenvalue weighted by Gasteiger charge is 2.23. The Labute approximate surface area is 99.0 Å². The Bertz CT molecular complexity index is 210. The molecule has 3 heteroatoms. The number of hydrogen-bond donors (Lipinski definition) is 1. The fourth-order valence-corrected chi connectivity index (χ4v) is 1.72. The summed E-state index contributed by atoms with van der Waals surface area (Å²) >= 11 is 0. The molecule has 3 nitrogen and oxygen atoms in total. The van der Waals surface area contributed by atoms with Gasteiger partial charge in [-0.1, -0.05) is 20.3 Å². The second kappa shape index (κ2) is 8.45. The van der Waals surface area contributed by atoms with Gasteiger partial charge in [0.25, 0.3) is 0 Å². The molecule has 0 atom stereocenters. The molecule has 0 aliphatic carbocycles. The van der Waals surface area contributed by atoms with Gasteiger partial charge in [-0.15, -0.1) is 0 Å². The lowest BCUT2D eigenvalue weighted by Crippen LogP contribution is -2.46. The number of nitrogens with one attached hydrogen (secondary N) is 1. The van der Waals surface area contributed by atoms with E-state index in [2.05, 4.69) is 5.32 Å². The number of Topliss-reactive ketones (excluding diaryl/α,β-unsaturated/α-hetero) is 1. The van der Waals surface area contributed by atoms with Crippen molar-refractivity contribution in [3.63, 3.8) is 0 Å². The van der Waals surface area contributed by atoms with Crippen molar-refractivity contribution < 1.29 is 9.59 Å². The first-order chi connectivity index (χ1) is 7.60. The number of hydrogen-bond acceptors (Lipinski definition) is 3. The summed E-state index contributed by atoms with van der Waals surface area (Å²) in [6.07, 6.45) is 6.42. The zero-order valence-electron chi connectivity index (χ0n) is 10.8. The molecule has 0 amide bonds. The molecule has 0 bridgehead atoms. The van der Waals surface area contributed by atoms with Gasteiger partial charge in [-0.05, 0) is 39.2 Å². The lowest BCUT2D eigenvalue weighted by Gasteiger charge is -2.26. The molecule has 16 heavy (non-hydrogen) atoms. The second-order valence-corrected chi connectivity index (χ2v) is 4.42. The maximum atomic E-state index is 11.0. The maximum Gasteiger partial charge on any atom is 0.140 e. The molecule has 0 radical (unpaired) electrons. The first-order valence-electron chi connectivity index (χ1n) is 6.31. The minimum atomic E-state index is -0.333. The normalized spacial score (nSPS) is 11.4. The van der Waals surface area contributed by atoms with Crippen LogP contribution in [0.4, 0.5) is 0 Å². The van der Waals surface area contributed by atoms with Crippen LogP contribution >= 0.6 is 0 Å². The Morgan fingerprint density at radius 1 is 1.19 bits per heavy atom. The molecule has 0 saturated heterocycles. The third-order valence-corrected chi connectivity index (χ3v) is 3.17. The summed E-state index contributed by atoms with van der Waals surface area (Å²) in [5.41, 5.74) is -0.333. The molecule has 0 unspecified atom stereocenters.